The van der Waals surface area contributed by atoms with Gasteiger partial charge < -0.3 is 5.32 Å². The summed E-state index contributed by atoms with van der Waals surface area (Å²) in [7, 11) is 0. The summed E-state index contributed by atoms with van der Waals surface area (Å²) in [6.07, 6.45) is 2.34. The van der Waals surface area contributed by atoms with Crippen molar-refractivity contribution < 1.29 is 0 Å². The van der Waals surface area contributed by atoms with Gasteiger partial charge in [0.05, 0.1) is 17.9 Å². The van der Waals surface area contributed by atoms with Gasteiger partial charge in [0.2, 0.25) is 0 Å². The molecule has 0 amide bonds. The Labute approximate surface area is 129 Å². The van der Waals surface area contributed by atoms with Crippen LogP contribution in [0.2, 0.25) is 0 Å². The third kappa shape index (κ3) is 2.81. The molecule has 0 atom stereocenters. The van der Waals surface area contributed by atoms with E-state index in [1.54, 1.807) is 11.3 Å². The van der Waals surface area contributed by atoms with E-state index < -0.39 is 0 Å². The SMILES string of the molecule is CCCc1ccc(NCc2c(C)nc3scc(C)n23)cc1. The molecular weight excluding hydrogens is 278 g/mol. The van der Waals surface area contributed by atoms with Gasteiger partial charge in [-0.1, -0.05) is 25.5 Å². The molecule has 0 fully saturated rings. The Morgan fingerprint density at radius 1 is 1.19 bits per heavy atom. The van der Waals surface area contributed by atoms with E-state index in [1.165, 1.54) is 23.4 Å². The van der Waals surface area contributed by atoms with Crippen molar-refractivity contribution in [2.75, 3.05) is 5.32 Å². The third-order valence-corrected chi connectivity index (χ3v) is 4.73. The lowest BCUT2D eigenvalue weighted by Crippen LogP contribution is -2.04. The fourth-order valence-corrected chi connectivity index (χ4v) is 3.57. The average molecular weight is 299 g/mol. The highest BCUT2D eigenvalue weighted by Crippen LogP contribution is 2.21. The van der Waals surface area contributed by atoms with Crippen molar-refractivity contribution in [3.8, 4) is 0 Å². The number of thiazole rings is 1. The van der Waals surface area contributed by atoms with Gasteiger partial charge >= 0.3 is 0 Å². The molecule has 0 spiro atoms. The number of nitrogens with zero attached hydrogens (tertiary/aromatic N) is 2. The number of aryl methyl sites for hydroxylation is 3. The smallest absolute Gasteiger partial charge is 0.194 e. The highest BCUT2D eigenvalue weighted by Gasteiger charge is 2.11. The second kappa shape index (κ2) is 5.90. The minimum absolute atomic E-state index is 0.803. The maximum atomic E-state index is 4.63. The van der Waals surface area contributed by atoms with E-state index in [0.29, 0.717) is 0 Å². The number of hydrogen-bond acceptors (Lipinski definition) is 3. The van der Waals surface area contributed by atoms with Gasteiger partial charge in [-0.2, -0.15) is 0 Å². The number of aromatic nitrogens is 2. The average Bonchev–Trinajstić information content (AvgIpc) is 2.98. The largest absolute Gasteiger partial charge is 0.379 e. The first-order valence-corrected chi connectivity index (χ1v) is 8.32. The summed E-state index contributed by atoms with van der Waals surface area (Å²) < 4.78 is 2.25. The Balaban J connectivity index is 1.76. The van der Waals surface area contributed by atoms with Crippen molar-refractivity contribution >= 4 is 22.0 Å². The summed E-state index contributed by atoms with van der Waals surface area (Å²) in [6, 6.07) is 8.75. The lowest BCUT2D eigenvalue weighted by atomic mass is 10.1. The van der Waals surface area contributed by atoms with Gasteiger partial charge in [0, 0.05) is 16.8 Å². The van der Waals surface area contributed by atoms with Gasteiger partial charge in [0.25, 0.3) is 0 Å². The summed E-state index contributed by atoms with van der Waals surface area (Å²) in [6.45, 7) is 7.23. The van der Waals surface area contributed by atoms with Gasteiger partial charge in [-0.05, 0) is 38.0 Å². The Kier molecular flexibility index (Phi) is 3.97. The second-order valence-corrected chi connectivity index (χ2v) is 6.28. The molecule has 1 aromatic carbocycles. The highest BCUT2D eigenvalue weighted by molar-refractivity contribution is 7.15. The predicted molar refractivity (Wildman–Crippen MR) is 90.3 cm³/mol. The number of benzene rings is 1. The van der Waals surface area contributed by atoms with Crippen LogP contribution in [0.25, 0.3) is 4.96 Å². The van der Waals surface area contributed by atoms with Crippen molar-refractivity contribution in [1.29, 1.82) is 0 Å². The van der Waals surface area contributed by atoms with E-state index in [4.69, 9.17) is 0 Å². The molecule has 0 bridgehead atoms. The maximum Gasteiger partial charge on any atom is 0.194 e. The quantitative estimate of drug-likeness (QED) is 0.747. The Bertz CT molecular complexity index is 737. The Hall–Kier alpha value is -1.81. The van der Waals surface area contributed by atoms with Crippen LogP contribution in [-0.4, -0.2) is 9.38 Å². The molecule has 3 nitrogen and oxygen atoms in total. The number of rotatable bonds is 5. The van der Waals surface area contributed by atoms with Crippen molar-refractivity contribution in [1.82, 2.24) is 9.38 Å². The van der Waals surface area contributed by atoms with Gasteiger partial charge in [-0.3, -0.25) is 4.40 Å². The molecule has 0 aliphatic rings. The van der Waals surface area contributed by atoms with Crippen LogP contribution in [0.5, 0.6) is 0 Å². The first kappa shape index (κ1) is 14.1. The van der Waals surface area contributed by atoms with Gasteiger partial charge in [-0.15, -0.1) is 11.3 Å². The minimum Gasteiger partial charge on any atom is -0.379 e. The Morgan fingerprint density at radius 3 is 2.67 bits per heavy atom. The van der Waals surface area contributed by atoms with E-state index in [0.717, 1.165) is 29.3 Å². The molecule has 3 aromatic rings. The van der Waals surface area contributed by atoms with E-state index in [1.807, 2.05) is 0 Å². The molecule has 110 valence electrons. The van der Waals surface area contributed by atoms with Crippen LogP contribution in [0.4, 0.5) is 5.69 Å². The minimum atomic E-state index is 0.803. The number of imidazole rings is 1. The standard InChI is InChI=1S/C17H21N3S/c1-4-5-14-6-8-15(9-7-14)18-10-16-13(3)19-17-20(16)12(2)11-21-17/h6-9,11,18H,4-5,10H2,1-3H3. The maximum absolute atomic E-state index is 4.63. The molecule has 0 aliphatic carbocycles. The monoisotopic (exact) mass is 299 g/mol. The second-order valence-electron chi connectivity index (χ2n) is 5.44. The zero-order valence-corrected chi connectivity index (χ0v) is 13.6. The molecule has 0 unspecified atom stereocenters. The van der Waals surface area contributed by atoms with Crippen molar-refractivity contribution in [2.45, 2.75) is 40.2 Å². The molecule has 2 aromatic heterocycles. The lowest BCUT2D eigenvalue weighted by molar-refractivity contribution is 0.921. The molecule has 0 radical (unpaired) electrons. The molecular formula is C17H21N3S. The number of hydrogen-bond donors (Lipinski definition) is 1. The number of nitrogens with one attached hydrogen (secondary N) is 1. The zero-order chi connectivity index (χ0) is 14.8. The molecule has 4 heteroatoms. The molecule has 2 heterocycles. The van der Waals surface area contributed by atoms with E-state index >= 15 is 0 Å². The van der Waals surface area contributed by atoms with E-state index in [2.05, 4.69) is 65.1 Å². The summed E-state index contributed by atoms with van der Waals surface area (Å²) >= 11 is 1.70. The first-order valence-electron chi connectivity index (χ1n) is 7.44. The molecule has 0 aliphatic heterocycles. The summed E-state index contributed by atoms with van der Waals surface area (Å²) in [5, 5.41) is 5.67. The lowest BCUT2D eigenvalue weighted by Gasteiger charge is -2.08. The summed E-state index contributed by atoms with van der Waals surface area (Å²) in [5.41, 5.74) is 6.18. The molecule has 3 rings (SSSR count). The van der Waals surface area contributed by atoms with Crippen LogP contribution < -0.4 is 5.32 Å². The summed E-state index contributed by atoms with van der Waals surface area (Å²) in [4.78, 5) is 5.71. The Morgan fingerprint density at radius 2 is 1.95 bits per heavy atom. The molecule has 1 N–H and O–H groups in total. The van der Waals surface area contributed by atoms with Crippen LogP contribution in [0.15, 0.2) is 29.6 Å². The van der Waals surface area contributed by atoms with Gasteiger partial charge in [0.15, 0.2) is 4.96 Å². The van der Waals surface area contributed by atoms with Gasteiger partial charge in [0.1, 0.15) is 0 Å². The first-order chi connectivity index (χ1) is 10.2. The van der Waals surface area contributed by atoms with Crippen LogP contribution in [-0.2, 0) is 13.0 Å². The number of anilines is 1. The normalized spacial score (nSPS) is 11.2. The highest BCUT2D eigenvalue weighted by atomic mass is 32.1. The van der Waals surface area contributed by atoms with Crippen LogP contribution in [0, 0.1) is 13.8 Å². The fourth-order valence-electron chi connectivity index (χ4n) is 2.64. The molecule has 21 heavy (non-hydrogen) atoms. The summed E-state index contributed by atoms with van der Waals surface area (Å²) in [5.74, 6) is 0. The van der Waals surface area contributed by atoms with Crippen molar-refractivity contribution in [3.05, 3.63) is 52.3 Å². The molecule has 0 saturated carbocycles. The molecule has 0 saturated heterocycles. The fraction of sp³-hybridized carbons (Fsp3) is 0.353. The van der Waals surface area contributed by atoms with Crippen molar-refractivity contribution in [2.24, 2.45) is 0 Å². The van der Waals surface area contributed by atoms with Crippen molar-refractivity contribution in [3.63, 3.8) is 0 Å². The van der Waals surface area contributed by atoms with Crippen LogP contribution >= 0.6 is 11.3 Å². The predicted octanol–water partition coefficient (Wildman–Crippen LogP) is 4.58. The number of fused-ring (bicyclic) bond motifs is 1. The topological polar surface area (TPSA) is 29.3 Å². The van der Waals surface area contributed by atoms with E-state index in [9.17, 15) is 0 Å². The zero-order valence-electron chi connectivity index (χ0n) is 12.8. The van der Waals surface area contributed by atoms with Crippen LogP contribution in [0.1, 0.15) is 36.0 Å². The van der Waals surface area contributed by atoms with Gasteiger partial charge in [-0.25, -0.2) is 4.98 Å². The van der Waals surface area contributed by atoms with E-state index in [-0.39, 0.29) is 0 Å². The third-order valence-electron chi connectivity index (χ3n) is 3.78. The van der Waals surface area contributed by atoms with Crippen LogP contribution in [0.3, 0.4) is 0 Å².